The van der Waals surface area contributed by atoms with Gasteiger partial charge in [-0.25, -0.2) is 0 Å². The van der Waals surface area contributed by atoms with E-state index in [0.717, 1.165) is 0 Å². The molecule has 0 aromatic heterocycles. The average Bonchev–Trinajstić information content (AvgIpc) is 3.01. The van der Waals surface area contributed by atoms with Gasteiger partial charge in [0.1, 0.15) is 0 Å². The molecular weight excluding hydrogens is 612 g/mol. The second-order valence-electron chi connectivity index (χ2n) is 17.2. The smallest absolute Gasteiger partial charge is 0.251 e. The van der Waals surface area contributed by atoms with Crippen molar-refractivity contribution in [1.82, 2.24) is 16.0 Å². The van der Waals surface area contributed by atoms with E-state index in [4.69, 9.17) is 5.73 Å². The van der Waals surface area contributed by atoms with Crippen LogP contribution in [0.2, 0.25) is 0 Å². The van der Waals surface area contributed by atoms with Crippen LogP contribution in [0.4, 0.5) is 0 Å². The molecule has 2 rings (SSSR count). The first-order valence-electron chi connectivity index (χ1n) is 17.7. The summed E-state index contributed by atoms with van der Waals surface area (Å²) >= 11 is 0. The van der Waals surface area contributed by atoms with E-state index >= 15 is 0 Å². The van der Waals surface area contributed by atoms with Crippen LogP contribution in [0.25, 0.3) is 0 Å². The van der Waals surface area contributed by atoms with Crippen LogP contribution < -0.4 is 21.7 Å². The van der Waals surface area contributed by atoms with E-state index in [1.807, 2.05) is 25.1 Å². The summed E-state index contributed by atoms with van der Waals surface area (Å²) in [5, 5.41) is 9.24. The number of hydrogen-bond acceptors (Lipinski definition) is 5. The SMILES string of the molecule is CC(C)(C)C(C)(C(=O)NCCCN)C(C)(C)CC(C)(C)C(C)(C(=O)NCCCNC(=O)c1ccc(C(=O)c2ccccc2)cc1)C(C)(C)C. The highest BCUT2D eigenvalue weighted by molar-refractivity contribution is 6.09. The number of nitrogens with one attached hydrogen (secondary N) is 3. The van der Waals surface area contributed by atoms with Gasteiger partial charge in [0.2, 0.25) is 11.8 Å². The summed E-state index contributed by atoms with van der Waals surface area (Å²) < 4.78 is 0. The number of benzene rings is 2. The third-order valence-electron chi connectivity index (χ3n) is 11.5. The van der Waals surface area contributed by atoms with Crippen LogP contribution in [-0.4, -0.2) is 49.7 Å². The minimum Gasteiger partial charge on any atom is -0.356 e. The summed E-state index contributed by atoms with van der Waals surface area (Å²) in [6.45, 7) is 27.2. The first kappa shape index (κ1) is 41.7. The van der Waals surface area contributed by atoms with Crippen LogP contribution >= 0.6 is 0 Å². The molecule has 0 bridgehead atoms. The molecule has 5 N–H and O–H groups in total. The summed E-state index contributed by atoms with van der Waals surface area (Å²) in [5.74, 6) is -0.364. The van der Waals surface area contributed by atoms with Crippen molar-refractivity contribution in [3.63, 3.8) is 0 Å². The van der Waals surface area contributed by atoms with Crippen molar-refractivity contribution in [3.05, 3.63) is 71.3 Å². The Labute approximate surface area is 296 Å². The molecule has 0 saturated carbocycles. The minimum absolute atomic E-state index is 0.00910. The van der Waals surface area contributed by atoms with E-state index in [1.54, 1.807) is 36.4 Å². The lowest BCUT2D eigenvalue weighted by Gasteiger charge is -2.58. The Morgan fingerprint density at radius 3 is 1.35 bits per heavy atom. The summed E-state index contributed by atoms with van der Waals surface area (Å²) in [7, 11) is 0. The van der Waals surface area contributed by atoms with Crippen molar-refractivity contribution in [2.75, 3.05) is 26.2 Å². The molecule has 2 atom stereocenters. The summed E-state index contributed by atoms with van der Waals surface area (Å²) in [4.78, 5) is 53.5. The van der Waals surface area contributed by atoms with Crippen molar-refractivity contribution < 1.29 is 19.2 Å². The quantitative estimate of drug-likeness (QED) is 0.111. The Morgan fingerprint density at radius 1 is 0.531 bits per heavy atom. The number of rotatable bonds is 16. The Kier molecular flexibility index (Phi) is 13.6. The fourth-order valence-electron chi connectivity index (χ4n) is 7.57. The van der Waals surface area contributed by atoms with Gasteiger partial charge in [0.05, 0.1) is 10.8 Å². The van der Waals surface area contributed by atoms with Gasteiger partial charge in [-0.05, 0) is 73.4 Å². The molecule has 0 radical (unpaired) electrons. The molecule has 0 aliphatic carbocycles. The van der Waals surface area contributed by atoms with E-state index in [2.05, 4.69) is 92.1 Å². The zero-order valence-corrected chi connectivity index (χ0v) is 32.4. The van der Waals surface area contributed by atoms with Gasteiger partial charge in [0.15, 0.2) is 5.78 Å². The van der Waals surface area contributed by atoms with Crippen LogP contribution in [0.15, 0.2) is 54.6 Å². The molecule has 8 heteroatoms. The number of nitrogens with two attached hydrogens (primary N) is 1. The molecule has 272 valence electrons. The molecule has 0 spiro atoms. The van der Waals surface area contributed by atoms with E-state index in [9.17, 15) is 19.2 Å². The normalized spacial score (nSPS) is 15.0. The zero-order valence-electron chi connectivity index (χ0n) is 32.4. The third kappa shape index (κ3) is 9.19. The summed E-state index contributed by atoms with van der Waals surface area (Å²) in [5.41, 5.74) is 4.00. The fraction of sp³-hybridized carbons (Fsp3) is 0.610. The van der Waals surface area contributed by atoms with Crippen LogP contribution in [0.5, 0.6) is 0 Å². The van der Waals surface area contributed by atoms with Crippen LogP contribution in [0.1, 0.15) is 129 Å². The number of carbonyl (C=O) groups is 4. The van der Waals surface area contributed by atoms with Crippen molar-refractivity contribution in [3.8, 4) is 0 Å². The number of amides is 3. The molecule has 2 aromatic carbocycles. The molecule has 0 saturated heterocycles. The van der Waals surface area contributed by atoms with Crippen molar-refractivity contribution >= 4 is 23.5 Å². The summed E-state index contributed by atoms with van der Waals surface area (Å²) in [6, 6.07) is 15.7. The first-order valence-corrected chi connectivity index (χ1v) is 17.7. The molecular formula is C41H64N4O4. The lowest BCUT2D eigenvalue weighted by molar-refractivity contribution is -0.161. The predicted octanol–water partition coefficient (Wildman–Crippen LogP) is 7.17. The Balaban J connectivity index is 2.11. The van der Waals surface area contributed by atoms with Crippen LogP contribution in [0, 0.1) is 32.5 Å². The maximum absolute atomic E-state index is 14.2. The molecule has 2 unspecified atom stereocenters. The number of hydrogen-bond donors (Lipinski definition) is 4. The Bertz CT molecular complexity index is 1430. The van der Waals surface area contributed by atoms with Gasteiger partial charge >= 0.3 is 0 Å². The maximum Gasteiger partial charge on any atom is 0.251 e. The second kappa shape index (κ2) is 16.0. The van der Waals surface area contributed by atoms with E-state index in [1.165, 1.54) is 0 Å². The monoisotopic (exact) mass is 676 g/mol. The average molecular weight is 677 g/mol. The van der Waals surface area contributed by atoms with E-state index < -0.39 is 27.1 Å². The number of ketones is 1. The Morgan fingerprint density at radius 2 is 0.918 bits per heavy atom. The van der Waals surface area contributed by atoms with Crippen molar-refractivity contribution in [1.29, 1.82) is 0 Å². The first-order chi connectivity index (χ1) is 22.5. The van der Waals surface area contributed by atoms with Gasteiger partial charge in [-0.2, -0.15) is 0 Å². The van der Waals surface area contributed by atoms with Crippen LogP contribution in [-0.2, 0) is 9.59 Å². The lowest BCUT2D eigenvalue weighted by Crippen LogP contribution is -2.60. The van der Waals surface area contributed by atoms with Gasteiger partial charge in [-0.3, -0.25) is 19.2 Å². The predicted molar refractivity (Wildman–Crippen MR) is 200 cm³/mol. The highest BCUT2D eigenvalue weighted by Crippen LogP contribution is 2.61. The largest absolute Gasteiger partial charge is 0.356 e. The van der Waals surface area contributed by atoms with Crippen molar-refractivity contribution in [2.24, 2.45) is 38.2 Å². The van der Waals surface area contributed by atoms with Crippen molar-refractivity contribution in [2.45, 2.75) is 102 Å². The third-order valence-corrected chi connectivity index (χ3v) is 11.5. The molecule has 0 aliphatic heterocycles. The maximum atomic E-state index is 14.2. The summed E-state index contributed by atoms with van der Waals surface area (Å²) in [6.07, 6.45) is 1.90. The molecule has 2 aromatic rings. The molecule has 0 fully saturated rings. The minimum atomic E-state index is -0.797. The van der Waals surface area contributed by atoms with Gasteiger partial charge in [-0.1, -0.05) is 112 Å². The molecule has 0 aliphatic rings. The van der Waals surface area contributed by atoms with Gasteiger partial charge < -0.3 is 21.7 Å². The standard InChI is InChI=1S/C41H64N4O4/c1-36(2,3)40(11,34(48)44-25-16-24-42)38(7,8)28-39(9,10)41(12,37(4,5)6)35(49)45-27-17-26-43-33(47)31-22-20-30(21-23-31)32(46)29-18-14-13-15-19-29/h13-15,18-23H,16-17,24-28,42H2,1-12H3,(H,43,47)(H,44,48)(H,45,49). The molecule has 3 amide bonds. The highest BCUT2D eigenvalue weighted by Gasteiger charge is 2.61. The van der Waals surface area contributed by atoms with Crippen LogP contribution in [0.3, 0.4) is 0 Å². The van der Waals surface area contributed by atoms with Gasteiger partial charge in [0, 0.05) is 36.3 Å². The van der Waals surface area contributed by atoms with Gasteiger partial charge in [0.25, 0.3) is 5.91 Å². The molecule has 8 nitrogen and oxygen atoms in total. The highest BCUT2D eigenvalue weighted by atomic mass is 16.2. The Hall–Kier alpha value is -3.52. The second-order valence-corrected chi connectivity index (χ2v) is 17.2. The van der Waals surface area contributed by atoms with Gasteiger partial charge in [-0.15, -0.1) is 0 Å². The topological polar surface area (TPSA) is 130 Å². The zero-order chi connectivity index (χ0) is 37.5. The van der Waals surface area contributed by atoms with E-state index in [0.29, 0.717) is 62.1 Å². The van der Waals surface area contributed by atoms with E-state index in [-0.39, 0.29) is 28.9 Å². The molecule has 49 heavy (non-hydrogen) atoms. The fourth-order valence-corrected chi connectivity index (χ4v) is 7.57. The number of carbonyl (C=O) groups excluding carboxylic acids is 4. The lowest BCUT2D eigenvalue weighted by atomic mass is 9.45. The molecule has 0 heterocycles.